The minimum atomic E-state index is -5.00. The van der Waals surface area contributed by atoms with E-state index in [1.54, 1.807) is 0 Å². The van der Waals surface area contributed by atoms with Gasteiger partial charge in [0.05, 0.1) is 12.0 Å². The van der Waals surface area contributed by atoms with Crippen LogP contribution in [0, 0.1) is 6.92 Å². The molecule has 18 heavy (non-hydrogen) atoms. The number of hydrogen-bond acceptors (Lipinski definition) is 5. The third-order valence-corrected chi connectivity index (χ3v) is 2.91. The Morgan fingerprint density at radius 1 is 1.39 bits per heavy atom. The number of aromatic nitrogens is 1. The zero-order valence-electron chi connectivity index (χ0n) is 9.28. The van der Waals surface area contributed by atoms with E-state index >= 15 is 0 Å². The van der Waals surface area contributed by atoms with Crippen molar-refractivity contribution >= 4 is 10.0 Å². The predicted octanol–water partition coefficient (Wildman–Crippen LogP) is 0.945. The molecule has 0 aliphatic heterocycles. The second-order valence-electron chi connectivity index (χ2n) is 3.19. The number of ether oxygens (including phenoxy) is 2. The summed E-state index contributed by atoms with van der Waals surface area (Å²) in [5.41, 5.74) is -0.00507. The average molecular weight is 286 g/mol. The molecular weight excluding hydrogens is 277 g/mol. The van der Waals surface area contributed by atoms with E-state index in [9.17, 15) is 21.6 Å². The Balaban J connectivity index is 3.41. The van der Waals surface area contributed by atoms with Gasteiger partial charge in [0.1, 0.15) is 0 Å². The van der Waals surface area contributed by atoms with Gasteiger partial charge in [0, 0.05) is 11.6 Å². The summed E-state index contributed by atoms with van der Waals surface area (Å²) >= 11 is 0. The summed E-state index contributed by atoms with van der Waals surface area (Å²) in [4.78, 5) is 2.82. The first kappa shape index (κ1) is 14.5. The molecule has 0 aliphatic rings. The molecule has 1 aromatic heterocycles. The molecule has 0 atom stereocenters. The summed E-state index contributed by atoms with van der Waals surface area (Å²) in [6.07, 6.45) is -5.00. The molecule has 10 heteroatoms. The van der Waals surface area contributed by atoms with E-state index in [0.717, 1.165) is 7.11 Å². The van der Waals surface area contributed by atoms with E-state index in [2.05, 4.69) is 14.5 Å². The van der Waals surface area contributed by atoms with Crippen LogP contribution in [-0.4, -0.2) is 26.9 Å². The van der Waals surface area contributed by atoms with E-state index in [1.807, 2.05) is 0 Å². The van der Waals surface area contributed by atoms with Gasteiger partial charge >= 0.3 is 6.36 Å². The van der Waals surface area contributed by atoms with Crippen molar-refractivity contribution in [2.24, 2.45) is 5.14 Å². The maximum Gasteiger partial charge on any atom is 0.574 e. The Labute approximate surface area is 101 Å². The fourth-order valence-corrected chi connectivity index (χ4v) is 1.99. The molecule has 6 nitrogen and oxygen atoms in total. The van der Waals surface area contributed by atoms with Crippen LogP contribution >= 0.6 is 0 Å². The van der Waals surface area contributed by atoms with Gasteiger partial charge in [-0.1, -0.05) is 0 Å². The molecule has 0 amide bonds. The number of primary sulfonamides is 1. The predicted molar refractivity (Wildman–Crippen MR) is 53.6 cm³/mol. The third-order valence-electron chi connectivity index (χ3n) is 1.88. The van der Waals surface area contributed by atoms with Gasteiger partial charge in [-0.25, -0.2) is 13.6 Å². The number of sulfonamides is 1. The first-order valence-electron chi connectivity index (χ1n) is 4.39. The molecule has 0 saturated heterocycles. The number of hydrogen-bond donors (Lipinski definition) is 1. The molecule has 0 unspecified atom stereocenters. The van der Waals surface area contributed by atoms with Crippen molar-refractivity contribution < 1.29 is 31.1 Å². The molecule has 0 aromatic carbocycles. The summed E-state index contributed by atoms with van der Waals surface area (Å²) in [6.45, 7) is 1.29. The lowest BCUT2D eigenvalue weighted by Gasteiger charge is -2.12. The van der Waals surface area contributed by atoms with Gasteiger partial charge in [-0.05, 0) is 6.92 Å². The highest BCUT2D eigenvalue weighted by atomic mass is 32.2. The minimum Gasteiger partial charge on any atom is -0.481 e. The van der Waals surface area contributed by atoms with Gasteiger partial charge in [0.25, 0.3) is 0 Å². The molecule has 0 bridgehead atoms. The number of nitrogens with two attached hydrogens (primary N) is 1. The topological polar surface area (TPSA) is 91.5 Å². The fourth-order valence-electron chi connectivity index (χ4n) is 1.21. The highest BCUT2D eigenvalue weighted by Crippen LogP contribution is 2.29. The molecule has 0 spiro atoms. The molecule has 1 heterocycles. The van der Waals surface area contributed by atoms with Crippen LogP contribution in [0.15, 0.2) is 11.0 Å². The molecule has 1 aromatic rings. The summed E-state index contributed by atoms with van der Waals surface area (Å²) < 4.78 is 66.6. The first-order valence-corrected chi connectivity index (χ1v) is 5.93. The maximum atomic E-state index is 12.0. The van der Waals surface area contributed by atoms with E-state index < -0.39 is 27.2 Å². The summed E-state index contributed by atoms with van der Waals surface area (Å²) in [5.74, 6) is -1.28. The van der Waals surface area contributed by atoms with E-state index in [4.69, 9.17) is 5.14 Å². The normalized spacial score (nSPS) is 12.3. The van der Waals surface area contributed by atoms with Gasteiger partial charge in [-0.15, -0.1) is 13.2 Å². The van der Waals surface area contributed by atoms with E-state index in [-0.39, 0.29) is 11.4 Å². The number of pyridine rings is 1. The largest absolute Gasteiger partial charge is 0.574 e. The van der Waals surface area contributed by atoms with Gasteiger partial charge in [0.15, 0.2) is 0 Å². The van der Waals surface area contributed by atoms with E-state index in [1.165, 1.54) is 6.92 Å². The highest BCUT2D eigenvalue weighted by Gasteiger charge is 2.33. The lowest BCUT2D eigenvalue weighted by atomic mass is 10.3. The van der Waals surface area contributed by atoms with Crippen LogP contribution in [0.1, 0.15) is 5.56 Å². The number of rotatable bonds is 3. The molecule has 0 radical (unpaired) electrons. The smallest absolute Gasteiger partial charge is 0.481 e. The zero-order chi connectivity index (χ0) is 14.1. The van der Waals surface area contributed by atoms with Crippen molar-refractivity contribution in [3.05, 3.63) is 11.6 Å². The molecule has 1 rings (SSSR count). The second-order valence-corrected chi connectivity index (χ2v) is 4.72. The van der Waals surface area contributed by atoms with Gasteiger partial charge < -0.3 is 9.47 Å². The standard InChI is InChI=1S/C8H9F3N2O4S/c1-4-5(18(12,14)15)3-6(13-7(4)16-2)17-8(9,10)11/h3H,1-2H3,(H2,12,14,15). The second kappa shape index (κ2) is 4.61. The number of alkyl halides is 3. The summed E-state index contributed by atoms with van der Waals surface area (Å²) in [7, 11) is -3.09. The van der Waals surface area contributed by atoms with Gasteiger partial charge in [0.2, 0.25) is 21.8 Å². The molecule has 0 fully saturated rings. The number of nitrogens with zero attached hydrogens (tertiary/aromatic N) is 1. The van der Waals surface area contributed by atoms with Crippen molar-refractivity contribution in [2.75, 3.05) is 7.11 Å². The Morgan fingerprint density at radius 3 is 2.33 bits per heavy atom. The van der Waals surface area contributed by atoms with Gasteiger partial charge in [-0.3, -0.25) is 0 Å². The Kier molecular flexibility index (Phi) is 3.72. The zero-order valence-corrected chi connectivity index (χ0v) is 10.1. The van der Waals surface area contributed by atoms with Crippen LogP contribution in [-0.2, 0) is 10.0 Å². The lowest BCUT2D eigenvalue weighted by molar-refractivity contribution is -0.276. The molecular formula is C8H9F3N2O4S. The minimum absolute atomic E-state index is 0.00507. The van der Waals surface area contributed by atoms with Crippen LogP contribution in [0.2, 0.25) is 0 Å². The molecule has 0 aliphatic carbocycles. The quantitative estimate of drug-likeness (QED) is 0.893. The highest BCUT2D eigenvalue weighted by molar-refractivity contribution is 7.89. The Morgan fingerprint density at radius 2 is 1.94 bits per heavy atom. The third kappa shape index (κ3) is 3.47. The van der Waals surface area contributed by atoms with Crippen molar-refractivity contribution in [2.45, 2.75) is 18.2 Å². The fraction of sp³-hybridized carbons (Fsp3) is 0.375. The van der Waals surface area contributed by atoms with Crippen LogP contribution < -0.4 is 14.6 Å². The summed E-state index contributed by atoms with van der Waals surface area (Å²) in [6, 6.07) is 0.584. The van der Waals surface area contributed by atoms with Crippen LogP contribution in [0.25, 0.3) is 0 Å². The Hall–Kier alpha value is -1.55. The Bertz CT molecular complexity index is 556. The SMILES string of the molecule is COc1nc(OC(F)(F)F)cc(S(N)(=O)=O)c1C. The van der Waals surface area contributed by atoms with Crippen molar-refractivity contribution in [1.82, 2.24) is 4.98 Å². The van der Waals surface area contributed by atoms with Crippen LogP contribution in [0.3, 0.4) is 0 Å². The van der Waals surface area contributed by atoms with Gasteiger partial charge in [-0.2, -0.15) is 4.98 Å². The van der Waals surface area contributed by atoms with Crippen LogP contribution in [0.5, 0.6) is 11.8 Å². The van der Waals surface area contributed by atoms with Crippen molar-refractivity contribution in [3.63, 3.8) is 0 Å². The number of halogens is 3. The first-order chi connectivity index (χ1) is 8.04. The van der Waals surface area contributed by atoms with E-state index in [0.29, 0.717) is 6.07 Å². The van der Waals surface area contributed by atoms with Crippen LogP contribution in [0.4, 0.5) is 13.2 Å². The number of methoxy groups -OCH3 is 1. The van der Waals surface area contributed by atoms with Crippen molar-refractivity contribution in [1.29, 1.82) is 0 Å². The molecule has 102 valence electrons. The lowest BCUT2D eigenvalue weighted by Crippen LogP contribution is -2.20. The average Bonchev–Trinajstić information content (AvgIpc) is 2.16. The summed E-state index contributed by atoms with van der Waals surface area (Å²) in [5, 5.41) is 4.87. The monoisotopic (exact) mass is 286 g/mol. The molecule has 2 N–H and O–H groups in total. The maximum absolute atomic E-state index is 12.0. The van der Waals surface area contributed by atoms with Crippen molar-refractivity contribution in [3.8, 4) is 11.8 Å². The molecule has 0 saturated carbocycles.